The van der Waals surface area contributed by atoms with Gasteiger partial charge in [-0.05, 0) is 27.3 Å². The Morgan fingerprint density at radius 1 is 1.16 bits per heavy atom. The van der Waals surface area contributed by atoms with Gasteiger partial charge in [-0.3, -0.25) is 0 Å². The lowest BCUT2D eigenvalue weighted by Crippen LogP contribution is -2.21. The van der Waals surface area contributed by atoms with Crippen molar-refractivity contribution in [1.29, 1.82) is 0 Å². The van der Waals surface area contributed by atoms with E-state index in [2.05, 4.69) is 81.2 Å². The highest BCUT2D eigenvalue weighted by atomic mass is 31.0. The van der Waals surface area contributed by atoms with E-state index in [-0.39, 0.29) is 10.8 Å². The van der Waals surface area contributed by atoms with Gasteiger partial charge in [0.25, 0.3) is 0 Å². The number of hydrogen-bond acceptors (Lipinski definition) is 0. The van der Waals surface area contributed by atoms with E-state index in [4.69, 9.17) is 0 Å². The lowest BCUT2D eigenvalue weighted by molar-refractivity contribution is 0.533. The van der Waals surface area contributed by atoms with Crippen LogP contribution in [0.4, 0.5) is 0 Å². The Bertz CT molecular complexity index is 505. The summed E-state index contributed by atoms with van der Waals surface area (Å²) in [6.07, 6.45) is 6.18. The highest BCUT2D eigenvalue weighted by Crippen LogP contribution is 2.41. The molecular formula is C17H28NP. The van der Waals surface area contributed by atoms with Crippen LogP contribution in [0.1, 0.15) is 58.4 Å². The van der Waals surface area contributed by atoms with E-state index < -0.39 is 0 Å². The van der Waals surface area contributed by atoms with Crippen LogP contribution < -0.4 is 0 Å². The van der Waals surface area contributed by atoms with Crippen LogP contribution in [0.15, 0.2) is 24.9 Å². The highest BCUT2D eigenvalue weighted by Gasteiger charge is 2.30. The second-order valence-corrected chi connectivity index (χ2v) is 7.86. The topological polar surface area (TPSA) is 4.93 Å². The van der Waals surface area contributed by atoms with E-state index >= 15 is 0 Å². The van der Waals surface area contributed by atoms with Gasteiger partial charge in [-0.15, -0.1) is 9.24 Å². The largest absolute Gasteiger partial charge is 0.350 e. The molecule has 1 atom stereocenters. The fraction of sp³-hybridized carbons (Fsp3) is 0.529. The van der Waals surface area contributed by atoms with Crippen LogP contribution in [0, 0.1) is 0 Å². The minimum atomic E-state index is 0.121. The number of allylic oxidation sites excluding steroid dienone is 2. The summed E-state index contributed by atoms with van der Waals surface area (Å²) in [5, 5.41) is 1.19. The molecule has 0 saturated heterocycles. The summed E-state index contributed by atoms with van der Waals surface area (Å²) in [6.45, 7) is 17.5. The normalized spacial score (nSPS) is 13.8. The van der Waals surface area contributed by atoms with Gasteiger partial charge in [-0.25, -0.2) is 0 Å². The van der Waals surface area contributed by atoms with Crippen molar-refractivity contribution in [3.05, 3.63) is 41.7 Å². The number of hydrogen-bond donors (Lipinski definition) is 0. The Morgan fingerprint density at radius 3 is 2.05 bits per heavy atom. The molecule has 106 valence electrons. The number of nitrogens with zero attached hydrogens (tertiary/aromatic N) is 1. The SMILES string of the molecule is C=C/C=C(/P)c1c(C(C)(C)C)c(C(C)(C)C)cn1C. The van der Waals surface area contributed by atoms with Crippen molar-refractivity contribution in [3.63, 3.8) is 0 Å². The zero-order valence-electron chi connectivity index (χ0n) is 13.5. The van der Waals surface area contributed by atoms with Gasteiger partial charge in [-0.1, -0.05) is 60.3 Å². The highest BCUT2D eigenvalue weighted by molar-refractivity contribution is 7.31. The molecule has 1 rings (SSSR count). The first kappa shape index (κ1) is 16.2. The lowest BCUT2D eigenvalue weighted by Gasteiger charge is -2.28. The fourth-order valence-corrected chi connectivity index (χ4v) is 2.99. The van der Waals surface area contributed by atoms with E-state index in [1.54, 1.807) is 0 Å². The molecule has 2 heteroatoms. The van der Waals surface area contributed by atoms with E-state index in [0.29, 0.717) is 0 Å². The summed E-state index contributed by atoms with van der Waals surface area (Å²) >= 11 is 0. The monoisotopic (exact) mass is 277 g/mol. The summed E-state index contributed by atoms with van der Waals surface area (Å²) in [5.41, 5.74) is 4.43. The number of aryl methyl sites for hydroxylation is 1. The van der Waals surface area contributed by atoms with Gasteiger partial charge in [0.1, 0.15) is 0 Å². The molecule has 0 aliphatic carbocycles. The van der Waals surface area contributed by atoms with Crippen molar-refractivity contribution in [2.24, 2.45) is 7.05 Å². The predicted molar refractivity (Wildman–Crippen MR) is 90.7 cm³/mol. The predicted octanol–water partition coefficient (Wildman–Crippen LogP) is 5.02. The van der Waals surface area contributed by atoms with Crippen molar-refractivity contribution in [1.82, 2.24) is 4.57 Å². The summed E-state index contributed by atoms with van der Waals surface area (Å²) in [7, 11) is 4.97. The molecule has 0 aliphatic heterocycles. The van der Waals surface area contributed by atoms with E-state index in [9.17, 15) is 0 Å². The Kier molecular flexibility index (Phi) is 4.52. The summed E-state index contributed by atoms with van der Waals surface area (Å²) in [5.74, 6) is 0. The van der Waals surface area contributed by atoms with Crippen LogP contribution in [-0.4, -0.2) is 4.57 Å². The quantitative estimate of drug-likeness (QED) is 0.528. The van der Waals surface area contributed by atoms with Crippen molar-refractivity contribution >= 4 is 14.6 Å². The van der Waals surface area contributed by atoms with Gasteiger partial charge in [-0.2, -0.15) is 0 Å². The molecule has 0 N–H and O–H groups in total. The fourth-order valence-electron chi connectivity index (χ4n) is 2.51. The van der Waals surface area contributed by atoms with Crippen LogP contribution in [-0.2, 0) is 17.9 Å². The first-order valence-electron chi connectivity index (χ1n) is 6.79. The zero-order chi connectivity index (χ0) is 15.0. The molecule has 19 heavy (non-hydrogen) atoms. The van der Waals surface area contributed by atoms with Crippen molar-refractivity contribution in [3.8, 4) is 0 Å². The van der Waals surface area contributed by atoms with Crippen LogP contribution in [0.5, 0.6) is 0 Å². The molecule has 0 amide bonds. The van der Waals surface area contributed by atoms with E-state index in [1.807, 2.05) is 6.08 Å². The molecule has 1 heterocycles. The minimum Gasteiger partial charge on any atom is -0.350 e. The van der Waals surface area contributed by atoms with Crippen LogP contribution in [0.2, 0.25) is 0 Å². The van der Waals surface area contributed by atoms with E-state index in [1.165, 1.54) is 22.1 Å². The number of rotatable bonds is 2. The third-order valence-corrected chi connectivity index (χ3v) is 3.78. The standard InChI is InChI=1S/C17H28NP/c1-9-10-13(19)15-14(17(5,6)7)12(11-18(15)8)16(2,3)4/h9-11H,1,19H2,2-8H3/b13-10+. The van der Waals surface area contributed by atoms with Crippen molar-refractivity contribution in [2.45, 2.75) is 52.4 Å². The molecule has 0 aromatic carbocycles. The lowest BCUT2D eigenvalue weighted by atomic mass is 9.76. The molecule has 0 saturated carbocycles. The van der Waals surface area contributed by atoms with Crippen LogP contribution in [0.3, 0.4) is 0 Å². The van der Waals surface area contributed by atoms with Gasteiger partial charge < -0.3 is 4.57 Å². The Balaban J connectivity index is 3.70. The molecule has 1 aromatic rings. The first-order chi connectivity index (χ1) is 8.50. The van der Waals surface area contributed by atoms with Gasteiger partial charge in [0.2, 0.25) is 0 Å². The van der Waals surface area contributed by atoms with Crippen molar-refractivity contribution < 1.29 is 0 Å². The average molecular weight is 277 g/mol. The molecule has 1 aromatic heterocycles. The molecule has 1 nitrogen and oxygen atoms in total. The Labute approximate surface area is 121 Å². The van der Waals surface area contributed by atoms with Crippen LogP contribution >= 0.6 is 9.24 Å². The third-order valence-electron chi connectivity index (χ3n) is 3.31. The Hall–Kier alpha value is -0.810. The van der Waals surface area contributed by atoms with Gasteiger partial charge >= 0.3 is 0 Å². The average Bonchev–Trinajstić information content (AvgIpc) is 2.55. The van der Waals surface area contributed by atoms with Gasteiger partial charge in [0.05, 0.1) is 5.69 Å². The van der Waals surface area contributed by atoms with Crippen LogP contribution in [0.25, 0.3) is 5.31 Å². The molecular weight excluding hydrogens is 249 g/mol. The molecule has 0 fully saturated rings. The van der Waals surface area contributed by atoms with E-state index in [0.717, 1.165) is 0 Å². The Morgan fingerprint density at radius 2 is 1.68 bits per heavy atom. The first-order valence-corrected chi connectivity index (χ1v) is 7.36. The third kappa shape index (κ3) is 3.39. The van der Waals surface area contributed by atoms with Crippen molar-refractivity contribution in [2.75, 3.05) is 0 Å². The van der Waals surface area contributed by atoms with Gasteiger partial charge in [0.15, 0.2) is 0 Å². The molecule has 0 aliphatic rings. The molecule has 1 unspecified atom stereocenters. The second kappa shape index (κ2) is 5.29. The maximum Gasteiger partial charge on any atom is 0.0517 e. The summed E-state index contributed by atoms with van der Waals surface area (Å²) < 4.78 is 2.24. The minimum absolute atomic E-state index is 0.121. The van der Waals surface area contributed by atoms with Gasteiger partial charge in [0, 0.05) is 13.2 Å². The molecule has 0 radical (unpaired) electrons. The maximum absolute atomic E-state index is 3.80. The molecule has 0 spiro atoms. The maximum atomic E-state index is 3.80. The zero-order valence-corrected chi connectivity index (χ0v) is 14.6. The summed E-state index contributed by atoms with van der Waals surface area (Å²) in [4.78, 5) is 0. The smallest absolute Gasteiger partial charge is 0.0517 e. The number of aromatic nitrogens is 1. The second-order valence-electron chi connectivity index (χ2n) is 7.23. The summed E-state index contributed by atoms with van der Waals surface area (Å²) in [6, 6.07) is 0. The molecule has 0 bridgehead atoms.